The number of aryl methyl sites for hydroxylation is 1. The number of carboxylic acids is 1. The molecule has 2 rings (SSSR count). The highest BCUT2D eigenvalue weighted by Crippen LogP contribution is 2.36. The van der Waals surface area contributed by atoms with Gasteiger partial charge in [-0.05, 0) is 31.3 Å². The molecule has 0 saturated heterocycles. The molecule has 1 aliphatic rings. The van der Waals surface area contributed by atoms with Crippen molar-refractivity contribution >= 4 is 23.4 Å². The quantitative estimate of drug-likeness (QED) is 0.875. The number of hydrogen-bond acceptors (Lipinski definition) is 5. The standard InChI is InChI=1S/C12H17N3O3S/c1-8-9(19-15-14-8)10(16)13-7-12(11(17)18)5-3-2-4-6-12/h2-7H2,1H3,(H,13,16)(H,17,18). The minimum atomic E-state index is -0.813. The van der Waals surface area contributed by atoms with Crippen molar-refractivity contribution in [2.45, 2.75) is 39.0 Å². The highest BCUT2D eigenvalue weighted by atomic mass is 32.1. The fourth-order valence-corrected chi connectivity index (χ4v) is 3.04. The molecule has 7 heteroatoms. The summed E-state index contributed by atoms with van der Waals surface area (Å²) in [7, 11) is 0. The van der Waals surface area contributed by atoms with Crippen LogP contribution < -0.4 is 5.32 Å². The van der Waals surface area contributed by atoms with Crippen LogP contribution in [-0.4, -0.2) is 33.1 Å². The van der Waals surface area contributed by atoms with Crippen LogP contribution in [-0.2, 0) is 4.79 Å². The maximum atomic E-state index is 12.0. The Bertz CT molecular complexity index is 480. The van der Waals surface area contributed by atoms with Crippen molar-refractivity contribution in [3.05, 3.63) is 10.6 Å². The van der Waals surface area contributed by atoms with Gasteiger partial charge in [-0.3, -0.25) is 9.59 Å². The van der Waals surface area contributed by atoms with Gasteiger partial charge in [0.1, 0.15) is 4.88 Å². The second kappa shape index (κ2) is 5.64. The van der Waals surface area contributed by atoms with E-state index in [9.17, 15) is 14.7 Å². The van der Waals surface area contributed by atoms with Crippen molar-refractivity contribution in [2.24, 2.45) is 5.41 Å². The third kappa shape index (κ3) is 2.91. The third-order valence-corrected chi connectivity index (χ3v) is 4.54. The number of carbonyl (C=O) groups is 2. The van der Waals surface area contributed by atoms with E-state index >= 15 is 0 Å². The Kier molecular flexibility index (Phi) is 4.14. The monoisotopic (exact) mass is 283 g/mol. The molecule has 1 saturated carbocycles. The topological polar surface area (TPSA) is 92.2 Å². The normalized spacial score (nSPS) is 17.9. The Morgan fingerprint density at radius 3 is 2.58 bits per heavy atom. The summed E-state index contributed by atoms with van der Waals surface area (Å²) in [5.74, 6) is -1.09. The molecule has 0 bridgehead atoms. The SMILES string of the molecule is Cc1nnsc1C(=O)NCC1(C(=O)O)CCCCC1. The average Bonchev–Trinajstić information content (AvgIpc) is 2.83. The Morgan fingerprint density at radius 1 is 1.37 bits per heavy atom. The number of aromatic nitrogens is 2. The first-order chi connectivity index (χ1) is 9.05. The molecule has 104 valence electrons. The van der Waals surface area contributed by atoms with E-state index in [-0.39, 0.29) is 12.5 Å². The van der Waals surface area contributed by atoms with Crippen LogP contribution in [0.1, 0.15) is 47.5 Å². The van der Waals surface area contributed by atoms with Crippen molar-refractivity contribution in [1.29, 1.82) is 0 Å². The van der Waals surface area contributed by atoms with Gasteiger partial charge in [-0.15, -0.1) is 5.10 Å². The second-order valence-corrected chi connectivity index (χ2v) is 5.77. The number of aliphatic carboxylic acids is 1. The Hall–Kier alpha value is -1.50. The summed E-state index contributed by atoms with van der Waals surface area (Å²) >= 11 is 1.03. The van der Waals surface area contributed by atoms with Crippen molar-refractivity contribution in [3.63, 3.8) is 0 Å². The number of amides is 1. The number of nitrogens with one attached hydrogen (secondary N) is 1. The van der Waals surface area contributed by atoms with Gasteiger partial charge in [0.05, 0.1) is 11.1 Å². The van der Waals surface area contributed by atoms with Crippen LogP contribution in [0.4, 0.5) is 0 Å². The maximum absolute atomic E-state index is 12.0. The van der Waals surface area contributed by atoms with Gasteiger partial charge in [-0.1, -0.05) is 23.8 Å². The van der Waals surface area contributed by atoms with Crippen molar-refractivity contribution in [1.82, 2.24) is 14.9 Å². The van der Waals surface area contributed by atoms with E-state index in [1.807, 2.05) is 0 Å². The molecule has 2 N–H and O–H groups in total. The molecule has 1 amide bonds. The van der Waals surface area contributed by atoms with Gasteiger partial charge in [0.2, 0.25) is 0 Å². The number of carboxylic acid groups (broad SMARTS) is 1. The molecule has 19 heavy (non-hydrogen) atoms. The summed E-state index contributed by atoms with van der Waals surface area (Å²) in [6.45, 7) is 1.89. The maximum Gasteiger partial charge on any atom is 0.311 e. The van der Waals surface area contributed by atoms with Crippen molar-refractivity contribution < 1.29 is 14.7 Å². The average molecular weight is 283 g/mol. The van der Waals surface area contributed by atoms with E-state index in [4.69, 9.17) is 0 Å². The number of hydrogen-bond donors (Lipinski definition) is 2. The van der Waals surface area contributed by atoms with Gasteiger partial charge >= 0.3 is 5.97 Å². The highest BCUT2D eigenvalue weighted by molar-refractivity contribution is 7.07. The molecule has 1 aromatic rings. The first-order valence-electron chi connectivity index (χ1n) is 6.36. The molecule has 1 aliphatic carbocycles. The Labute approximate surface area is 115 Å². The summed E-state index contributed by atoms with van der Waals surface area (Å²) in [6.07, 6.45) is 4.14. The van der Waals surface area contributed by atoms with Gasteiger partial charge in [0.25, 0.3) is 5.91 Å². The van der Waals surface area contributed by atoms with E-state index in [0.29, 0.717) is 23.4 Å². The zero-order valence-electron chi connectivity index (χ0n) is 10.8. The number of carbonyl (C=O) groups excluding carboxylic acids is 1. The van der Waals surface area contributed by atoms with Crippen LogP contribution in [0.2, 0.25) is 0 Å². The fraction of sp³-hybridized carbons (Fsp3) is 0.667. The smallest absolute Gasteiger partial charge is 0.311 e. The first kappa shape index (κ1) is 13.9. The molecule has 1 fully saturated rings. The van der Waals surface area contributed by atoms with Crippen LogP contribution in [0.25, 0.3) is 0 Å². The summed E-state index contributed by atoms with van der Waals surface area (Å²) in [4.78, 5) is 23.9. The molecule has 0 spiro atoms. The number of rotatable bonds is 4. The van der Waals surface area contributed by atoms with Gasteiger partial charge < -0.3 is 10.4 Å². The molecule has 0 aliphatic heterocycles. The Morgan fingerprint density at radius 2 is 2.05 bits per heavy atom. The zero-order valence-corrected chi connectivity index (χ0v) is 11.6. The lowest BCUT2D eigenvalue weighted by Crippen LogP contribution is -2.44. The van der Waals surface area contributed by atoms with E-state index in [0.717, 1.165) is 30.8 Å². The molecule has 0 aromatic carbocycles. The van der Waals surface area contributed by atoms with Crippen molar-refractivity contribution in [2.75, 3.05) is 6.54 Å². The summed E-state index contributed by atoms with van der Waals surface area (Å²) < 4.78 is 3.70. The van der Waals surface area contributed by atoms with Crippen LogP contribution in [0.3, 0.4) is 0 Å². The van der Waals surface area contributed by atoms with Gasteiger partial charge in [-0.25, -0.2) is 0 Å². The van der Waals surface area contributed by atoms with E-state index in [2.05, 4.69) is 14.9 Å². The molecule has 0 atom stereocenters. The lowest BCUT2D eigenvalue weighted by molar-refractivity contribution is -0.150. The van der Waals surface area contributed by atoms with Crippen LogP contribution in [0, 0.1) is 12.3 Å². The molecule has 1 heterocycles. The molecule has 6 nitrogen and oxygen atoms in total. The van der Waals surface area contributed by atoms with Crippen molar-refractivity contribution in [3.8, 4) is 0 Å². The molecule has 0 radical (unpaired) electrons. The number of nitrogens with zero attached hydrogens (tertiary/aromatic N) is 2. The first-order valence-corrected chi connectivity index (χ1v) is 7.13. The van der Waals surface area contributed by atoms with E-state index in [1.165, 1.54) is 0 Å². The van der Waals surface area contributed by atoms with Gasteiger partial charge in [-0.2, -0.15) is 0 Å². The van der Waals surface area contributed by atoms with Gasteiger partial charge in [0.15, 0.2) is 0 Å². The summed E-state index contributed by atoms with van der Waals surface area (Å²) in [6, 6.07) is 0. The Balaban J connectivity index is 2.02. The molecular weight excluding hydrogens is 266 g/mol. The largest absolute Gasteiger partial charge is 0.481 e. The van der Waals surface area contributed by atoms with Crippen LogP contribution >= 0.6 is 11.5 Å². The van der Waals surface area contributed by atoms with Crippen LogP contribution in [0.15, 0.2) is 0 Å². The minimum absolute atomic E-state index is 0.179. The molecular formula is C12H17N3O3S. The second-order valence-electron chi connectivity index (χ2n) is 5.02. The predicted molar refractivity (Wildman–Crippen MR) is 70.1 cm³/mol. The fourth-order valence-electron chi connectivity index (χ4n) is 2.46. The van der Waals surface area contributed by atoms with E-state index in [1.54, 1.807) is 6.92 Å². The third-order valence-electron chi connectivity index (χ3n) is 3.71. The lowest BCUT2D eigenvalue weighted by atomic mass is 9.74. The predicted octanol–water partition coefficient (Wildman–Crippen LogP) is 1.61. The molecule has 1 aromatic heterocycles. The summed E-state index contributed by atoms with van der Waals surface area (Å²) in [5, 5.41) is 15.9. The lowest BCUT2D eigenvalue weighted by Gasteiger charge is -2.33. The van der Waals surface area contributed by atoms with E-state index < -0.39 is 11.4 Å². The van der Waals surface area contributed by atoms with Crippen LogP contribution in [0.5, 0.6) is 0 Å². The highest BCUT2D eigenvalue weighted by Gasteiger charge is 2.39. The minimum Gasteiger partial charge on any atom is -0.481 e. The molecule has 0 unspecified atom stereocenters. The van der Waals surface area contributed by atoms with Gasteiger partial charge in [0, 0.05) is 6.54 Å². The zero-order chi connectivity index (χ0) is 13.9. The summed E-state index contributed by atoms with van der Waals surface area (Å²) in [5.41, 5.74) is -0.226.